The highest BCUT2D eigenvalue weighted by molar-refractivity contribution is 5.55. The molecule has 0 bridgehead atoms. The van der Waals surface area contributed by atoms with Crippen LogP contribution in [0.3, 0.4) is 0 Å². The number of rotatable bonds is 7. The van der Waals surface area contributed by atoms with E-state index in [1.807, 2.05) is 25.3 Å². The lowest BCUT2D eigenvalue weighted by Crippen LogP contribution is -2.25. The summed E-state index contributed by atoms with van der Waals surface area (Å²) in [6.07, 6.45) is 1.65. The molecule has 5 nitrogen and oxygen atoms in total. The van der Waals surface area contributed by atoms with Crippen molar-refractivity contribution in [3.8, 4) is 11.9 Å². The van der Waals surface area contributed by atoms with Crippen molar-refractivity contribution in [3.05, 3.63) is 11.8 Å². The molecule has 0 saturated heterocycles. The van der Waals surface area contributed by atoms with Crippen LogP contribution in [0, 0.1) is 11.3 Å². The Hall–Kier alpha value is -1.67. The smallest absolute Gasteiger partial charge is 0.218 e. The Labute approximate surface area is 121 Å². The van der Waals surface area contributed by atoms with Gasteiger partial charge in [0.25, 0.3) is 0 Å². The molecule has 1 heterocycles. The quantitative estimate of drug-likeness (QED) is 0.832. The standard InChI is InChI=1S/C15H25N3O2/c1-6-11(2)18-12(10-16)9-13(17)14(18)20-8-7-15(3,4)19-5/h9,11H,6-8,17H2,1-5H3/t11-/m0/s1. The number of methoxy groups -OCH3 is 1. The van der Waals surface area contributed by atoms with Gasteiger partial charge in [-0.25, -0.2) is 0 Å². The van der Waals surface area contributed by atoms with E-state index in [0.717, 1.165) is 12.8 Å². The number of nitrogens with two attached hydrogens (primary N) is 1. The maximum Gasteiger partial charge on any atom is 0.218 e. The topological polar surface area (TPSA) is 73.2 Å². The van der Waals surface area contributed by atoms with Crippen molar-refractivity contribution in [1.29, 1.82) is 5.26 Å². The highest BCUT2D eigenvalue weighted by Gasteiger charge is 2.20. The lowest BCUT2D eigenvalue weighted by atomic mass is 10.1. The van der Waals surface area contributed by atoms with Gasteiger partial charge in [-0.2, -0.15) is 5.26 Å². The average Bonchev–Trinajstić information content (AvgIpc) is 2.74. The summed E-state index contributed by atoms with van der Waals surface area (Å²) in [4.78, 5) is 0. The van der Waals surface area contributed by atoms with Gasteiger partial charge >= 0.3 is 0 Å². The Kier molecular flexibility index (Phi) is 5.46. The van der Waals surface area contributed by atoms with Gasteiger partial charge in [0.15, 0.2) is 0 Å². The molecule has 1 atom stereocenters. The molecule has 0 fully saturated rings. The summed E-state index contributed by atoms with van der Waals surface area (Å²) in [7, 11) is 1.68. The Morgan fingerprint density at radius 1 is 1.50 bits per heavy atom. The maximum atomic E-state index is 9.19. The predicted molar refractivity (Wildman–Crippen MR) is 79.8 cm³/mol. The van der Waals surface area contributed by atoms with E-state index in [4.69, 9.17) is 15.2 Å². The molecule has 2 N–H and O–H groups in total. The summed E-state index contributed by atoms with van der Waals surface area (Å²) in [6, 6.07) is 4.01. The monoisotopic (exact) mass is 279 g/mol. The van der Waals surface area contributed by atoms with Gasteiger partial charge < -0.3 is 15.2 Å². The van der Waals surface area contributed by atoms with Gasteiger partial charge in [0.2, 0.25) is 5.88 Å². The molecule has 20 heavy (non-hydrogen) atoms. The zero-order valence-corrected chi connectivity index (χ0v) is 13.1. The SMILES string of the molecule is CC[C@H](C)n1c(C#N)cc(N)c1OCCC(C)(C)OC. The van der Waals surface area contributed by atoms with Crippen molar-refractivity contribution in [2.75, 3.05) is 19.5 Å². The van der Waals surface area contributed by atoms with Crippen molar-refractivity contribution in [3.63, 3.8) is 0 Å². The molecule has 112 valence electrons. The van der Waals surface area contributed by atoms with E-state index in [-0.39, 0.29) is 11.6 Å². The van der Waals surface area contributed by atoms with Gasteiger partial charge in [-0.15, -0.1) is 0 Å². The van der Waals surface area contributed by atoms with E-state index in [9.17, 15) is 5.26 Å². The molecule has 0 aliphatic rings. The molecule has 0 aromatic carbocycles. The lowest BCUT2D eigenvalue weighted by Gasteiger charge is -2.23. The van der Waals surface area contributed by atoms with Crippen LogP contribution in [0.4, 0.5) is 5.69 Å². The van der Waals surface area contributed by atoms with Crippen molar-refractivity contribution in [2.45, 2.75) is 52.2 Å². The number of anilines is 1. The first-order chi connectivity index (χ1) is 9.36. The molecule has 5 heteroatoms. The Morgan fingerprint density at radius 2 is 2.15 bits per heavy atom. The first-order valence-electron chi connectivity index (χ1n) is 6.95. The molecule has 1 aromatic heterocycles. The number of nitrogens with zero attached hydrogens (tertiary/aromatic N) is 2. The second-order valence-electron chi connectivity index (χ2n) is 5.59. The van der Waals surface area contributed by atoms with Gasteiger partial charge in [-0.3, -0.25) is 4.57 Å². The van der Waals surface area contributed by atoms with E-state index in [1.54, 1.807) is 13.2 Å². The average molecular weight is 279 g/mol. The van der Waals surface area contributed by atoms with Gasteiger partial charge in [0, 0.05) is 25.6 Å². The molecule has 0 amide bonds. The third-order valence-electron chi connectivity index (χ3n) is 3.66. The summed E-state index contributed by atoms with van der Waals surface area (Å²) >= 11 is 0. The zero-order valence-electron chi connectivity index (χ0n) is 13.1. The normalized spacial score (nSPS) is 13.0. The van der Waals surface area contributed by atoms with Crippen LogP contribution in [0.25, 0.3) is 0 Å². The largest absolute Gasteiger partial charge is 0.477 e. The van der Waals surface area contributed by atoms with Crippen molar-refractivity contribution in [2.24, 2.45) is 0 Å². The minimum absolute atomic E-state index is 0.174. The van der Waals surface area contributed by atoms with Gasteiger partial charge in [-0.05, 0) is 27.2 Å². The molecule has 0 aliphatic carbocycles. The molecule has 0 radical (unpaired) electrons. The summed E-state index contributed by atoms with van der Waals surface area (Å²) in [5, 5.41) is 9.19. The zero-order chi connectivity index (χ0) is 15.3. The van der Waals surface area contributed by atoms with Gasteiger partial charge in [0.05, 0.1) is 17.9 Å². The summed E-state index contributed by atoms with van der Waals surface area (Å²) in [5.74, 6) is 0.586. The molecular formula is C15H25N3O2. The van der Waals surface area contributed by atoms with Crippen LogP contribution in [0.15, 0.2) is 6.07 Å². The van der Waals surface area contributed by atoms with Gasteiger partial charge in [0.1, 0.15) is 11.8 Å². The molecule has 0 saturated carbocycles. The summed E-state index contributed by atoms with van der Waals surface area (Å²) < 4.78 is 13.0. The van der Waals surface area contributed by atoms with Crippen LogP contribution in [-0.4, -0.2) is 23.9 Å². The highest BCUT2D eigenvalue weighted by atomic mass is 16.5. The van der Waals surface area contributed by atoms with E-state index < -0.39 is 0 Å². The molecule has 0 spiro atoms. The predicted octanol–water partition coefficient (Wildman–Crippen LogP) is 3.11. The molecule has 1 aromatic rings. The van der Waals surface area contributed by atoms with Crippen LogP contribution in [0.2, 0.25) is 0 Å². The Balaban J connectivity index is 2.90. The van der Waals surface area contributed by atoms with Crippen molar-refractivity contribution >= 4 is 5.69 Å². The van der Waals surface area contributed by atoms with E-state index in [2.05, 4.69) is 13.0 Å². The molecule has 1 rings (SSSR count). The Morgan fingerprint density at radius 3 is 2.65 bits per heavy atom. The minimum atomic E-state index is -0.236. The van der Waals surface area contributed by atoms with E-state index in [1.165, 1.54) is 0 Å². The van der Waals surface area contributed by atoms with Crippen LogP contribution >= 0.6 is 0 Å². The first-order valence-corrected chi connectivity index (χ1v) is 6.95. The highest BCUT2D eigenvalue weighted by Crippen LogP contribution is 2.31. The third-order valence-corrected chi connectivity index (χ3v) is 3.66. The summed E-state index contributed by atoms with van der Waals surface area (Å²) in [5.41, 5.74) is 6.78. The number of aromatic nitrogens is 1. The van der Waals surface area contributed by atoms with Crippen LogP contribution < -0.4 is 10.5 Å². The third kappa shape index (κ3) is 3.67. The van der Waals surface area contributed by atoms with E-state index in [0.29, 0.717) is 23.9 Å². The lowest BCUT2D eigenvalue weighted by molar-refractivity contribution is 0.00473. The van der Waals surface area contributed by atoms with E-state index >= 15 is 0 Å². The number of nitriles is 1. The number of hydrogen-bond acceptors (Lipinski definition) is 4. The number of ether oxygens (including phenoxy) is 2. The van der Waals surface area contributed by atoms with Crippen molar-refractivity contribution in [1.82, 2.24) is 4.57 Å². The second-order valence-corrected chi connectivity index (χ2v) is 5.59. The molecular weight excluding hydrogens is 254 g/mol. The maximum absolute atomic E-state index is 9.19. The van der Waals surface area contributed by atoms with Gasteiger partial charge in [-0.1, -0.05) is 6.92 Å². The fraction of sp³-hybridized carbons (Fsp3) is 0.667. The van der Waals surface area contributed by atoms with Crippen LogP contribution in [0.1, 0.15) is 52.3 Å². The fourth-order valence-electron chi connectivity index (χ4n) is 1.88. The first kappa shape index (κ1) is 16.4. The fourth-order valence-corrected chi connectivity index (χ4v) is 1.88. The molecule has 0 aliphatic heterocycles. The number of nitrogen functional groups attached to an aromatic ring is 1. The summed E-state index contributed by atoms with van der Waals surface area (Å²) in [6.45, 7) is 8.63. The Bertz CT molecular complexity index is 486. The number of hydrogen-bond donors (Lipinski definition) is 1. The van der Waals surface area contributed by atoms with Crippen molar-refractivity contribution < 1.29 is 9.47 Å². The second kappa shape index (κ2) is 6.67. The van der Waals surface area contributed by atoms with Crippen LogP contribution in [-0.2, 0) is 4.74 Å². The minimum Gasteiger partial charge on any atom is -0.477 e. The van der Waals surface area contributed by atoms with Crippen LogP contribution in [0.5, 0.6) is 5.88 Å². The molecule has 0 unspecified atom stereocenters.